The van der Waals surface area contributed by atoms with Crippen LogP contribution in [0.2, 0.25) is 0 Å². The van der Waals surface area contributed by atoms with E-state index in [0.717, 1.165) is 34.0 Å². The van der Waals surface area contributed by atoms with E-state index >= 15 is 0 Å². The summed E-state index contributed by atoms with van der Waals surface area (Å²) in [6, 6.07) is 17.3. The third-order valence-electron chi connectivity index (χ3n) is 4.47. The summed E-state index contributed by atoms with van der Waals surface area (Å²) in [6.45, 7) is 1.38. The van der Waals surface area contributed by atoms with Gasteiger partial charge in [0.2, 0.25) is 0 Å². The van der Waals surface area contributed by atoms with Crippen molar-refractivity contribution in [2.24, 2.45) is 0 Å². The summed E-state index contributed by atoms with van der Waals surface area (Å²) >= 11 is 0. The average molecular weight is 345 g/mol. The Kier molecular flexibility index (Phi) is 4.37. The van der Waals surface area contributed by atoms with Crippen molar-refractivity contribution in [3.63, 3.8) is 0 Å². The maximum atomic E-state index is 12.8. The van der Waals surface area contributed by atoms with Crippen LogP contribution in [0.25, 0.3) is 21.8 Å². The van der Waals surface area contributed by atoms with Crippen LogP contribution in [-0.2, 0) is 11.3 Å². The van der Waals surface area contributed by atoms with E-state index in [1.165, 1.54) is 0 Å². The van der Waals surface area contributed by atoms with Gasteiger partial charge in [-0.25, -0.2) is 0 Å². The molecule has 0 aliphatic rings. The van der Waals surface area contributed by atoms with Crippen molar-refractivity contribution in [2.75, 3.05) is 19.0 Å². The van der Waals surface area contributed by atoms with Gasteiger partial charge in [-0.15, -0.1) is 0 Å². The van der Waals surface area contributed by atoms with E-state index < -0.39 is 0 Å². The van der Waals surface area contributed by atoms with Gasteiger partial charge in [0.25, 0.3) is 5.91 Å². The second-order valence-corrected chi connectivity index (χ2v) is 6.11. The lowest BCUT2D eigenvalue weighted by molar-refractivity contribution is 0.102. The molecule has 0 aliphatic carbocycles. The highest BCUT2D eigenvalue weighted by Crippen LogP contribution is 2.23. The Morgan fingerprint density at radius 3 is 2.96 bits per heavy atom. The zero-order valence-corrected chi connectivity index (χ0v) is 14.5. The standard InChI is InChI=1S/C21H19N3O2/c1-26-13-12-24-11-9-15-7-8-16(14-20(15)24)21(25)23-19-6-2-5-18-17(19)4-3-10-22-18/h2-11,14H,12-13H2,1H3,(H,23,25). The van der Waals surface area contributed by atoms with Crippen molar-refractivity contribution >= 4 is 33.4 Å². The molecule has 2 heterocycles. The smallest absolute Gasteiger partial charge is 0.255 e. The first kappa shape index (κ1) is 16.3. The number of carbonyl (C=O) groups is 1. The predicted molar refractivity (Wildman–Crippen MR) is 104 cm³/mol. The lowest BCUT2D eigenvalue weighted by Crippen LogP contribution is -2.12. The fraction of sp³-hybridized carbons (Fsp3) is 0.143. The molecule has 0 unspecified atom stereocenters. The van der Waals surface area contributed by atoms with Crippen LogP contribution in [-0.4, -0.2) is 29.2 Å². The number of pyridine rings is 1. The summed E-state index contributed by atoms with van der Waals surface area (Å²) in [5.74, 6) is -0.136. The number of ether oxygens (including phenoxy) is 1. The van der Waals surface area contributed by atoms with Gasteiger partial charge in [0.15, 0.2) is 0 Å². The van der Waals surface area contributed by atoms with Gasteiger partial charge in [-0.3, -0.25) is 9.78 Å². The molecule has 2 aromatic heterocycles. The molecule has 0 radical (unpaired) electrons. The first-order chi connectivity index (χ1) is 12.8. The van der Waals surface area contributed by atoms with Crippen molar-refractivity contribution in [3.8, 4) is 0 Å². The summed E-state index contributed by atoms with van der Waals surface area (Å²) in [4.78, 5) is 17.1. The molecular formula is C21H19N3O2. The summed E-state index contributed by atoms with van der Waals surface area (Å²) in [5.41, 5.74) is 3.26. The van der Waals surface area contributed by atoms with Crippen LogP contribution >= 0.6 is 0 Å². The maximum Gasteiger partial charge on any atom is 0.255 e. The van der Waals surface area contributed by atoms with Gasteiger partial charge in [0.05, 0.1) is 17.8 Å². The largest absolute Gasteiger partial charge is 0.383 e. The molecule has 26 heavy (non-hydrogen) atoms. The first-order valence-corrected chi connectivity index (χ1v) is 8.49. The van der Waals surface area contributed by atoms with Gasteiger partial charge in [0.1, 0.15) is 0 Å². The molecule has 5 nitrogen and oxygen atoms in total. The predicted octanol–water partition coefficient (Wildman–Crippen LogP) is 4.09. The molecular weight excluding hydrogens is 326 g/mol. The van der Waals surface area contributed by atoms with Crippen LogP contribution in [0.1, 0.15) is 10.4 Å². The highest BCUT2D eigenvalue weighted by Gasteiger charge is 2.11. The van der Waals surface area contributed by atoms with Crippen LogP contribution in [0.15, 0.2) is 67.0 Å². The van der Waals surface area contributed by atoms with Gasteiger partial charge in [0, 0.05) is 42.5 Å². The quantitative estimate of drug-likeness (QED) is 0.593. The molecule has 0 atom stereocenters. The molecule has 4 rings (SSSR count). The minimum absolute atomic E-state index is 0.136. The molecule has 0 aliphatic heterocycles. The topological polar surface area (TPSA) is 56.1 Å². The fourth-order valence-corrected chi connectivity index (χ4v) is 3.12. The zero-order chi connectivity index (χ0) is 17.9. The lowest BCUT2D eigenvalue weighted by Gasteiger charge is -2.09. The van der Waals surface area contributed by atoms with E-state index in [0.29, 0.717) is 12.2 Å². The maximum absolute atomic E-state index is 12.8. The third kappa shape index (κ3) is 3.05. The number of methoxy groups -OCH3 is 1. The Balaban J connectivity index is 1.65. The summed E-state index contributed by atoms with van der Waals surface area (Å²) in [5, 5.41) is 5.04. The summed E-state index contributed by atoms with van der Waals surface area (Å²) < 4.78 is 7.25. The molecule has 0 fully saturated rings. The molecule has 0 bridgehead atoms. The van der Waals surface area contributed by atoms with E-state index in [2.05, 4.69) is 14.9 Å². The van der Waals surface area contributed by atoms with Crippen LogP contribution in [0.3, 0.4) is 0 Å². The molecule has 1 N–H and O–H groups in total. The third-order valence-corrected chi connectivity index (χ3v) is 4.47. The Morgan fingerprint density at radius 2 is 2.08 bits per heavy atom. The Labute approximate surface area is 151 Å². The second kappa shape index (κ2) is 6.98. The highest BCUT2D eigenvalue weighted by atomic mass is 16.5. The van der Waals surface area contributed by atoms with E-state index in [-0.39, 0.29) is 5.91 Å². The number of fused-ring (bicyclic) bond motifs is 2. The summed E-state index contributed by atoms with van der Waals surface area (Å²) in [7, 11) is 1.68. The fourth-order valence-electron chi connectivity index (χ4n) is 3.12. The van der Waals surface area contributed by atoms with E-state index in [1.807, 2.05) is 60.8 Å². The van der Waals surface area contributed by atoms with E-state index in [1.54, 1.807) is 13.3 Å². The zero-order valence-electron chi connectivity index (χ0n) is 14.5. The number of hydrogen-bond acceptors (Lipinski definition) is 3. The van der Waals surface area contributed by atoms with Gasteiger partial charge < -0.3 is 14.6 Å². The van der Waals surface area contributed by atoms with Crippen molar-refractivity contribution < 1.29 is 9.53 Å². The number of benzene rings is 2. The minimum atomic E-state index is -0.136. The van der Waals surface area contributed by atoms with Crippen LogP contribution in [0.4, 0.5) is 5.69 Å². The molecule has 1 amide bonds. The highest BCUT2D eigenvalue weighted by molar-refractivity contribution is 6.09. The Morgan fingerprint density at radius 1 is 1.15 bits per heavy atom. The van der Waals surface area contributed by atoms with Crippen molar-refractivity contribution in [2.45, 2.75) is 6.54 Å². The normalized spacial score (nSPS) is 11.1. The number of nitrogens with zero attached hydrogens (tertiary/aromatic N) is 2. The monoisotopic (exact) mass is 345 g/mol. The van der Waals surface area contributed by atoms with Crippen LogP contribution < -0.4 is 5.32 Å². The van der Waals surface area contributed by atoms with Gasteiger partial charge in [-0.05, 0) is 47.9 Å². The van der Waals surface area contributed by atoms with E-state index in [9.17, 15) is 4.79 Å². The Hall–Kier alpha value is -3.18. The molecule has 0 saturated heterocycles. The SMILES string of the molecule is COCCn1ccc2ccc(C(=O)Nc3cccc4ncccc34)cc21. The molecule has 2 aromatic carbocycles. The molecule has 0 spiro atoms. The number of nitrogens with one attached hydrogen (secondary N) is 1. The number of hydrogen-bond donors (Lipinski definition) is 1. The van der Waals surface area contributed by atoms with E-state index in [4.69, 9.17) is 4.74 Å². The van der Waals surface area contributed by atoms with Gasteiger partial charge in [-0.2, -0.15) is 0 Å². The van der Waals surface area contributed by atoms with Crippen molar-refractivity contribution in [1.29, 1.82) is 0 Å². The molecule has 5 heteroatoms. The lowest BCUT2D eigenvalue weighted by atomic mass is 10.1. The van der Waals surface area contributed by atoms with Crippen LogP contribution in [0.5, 0.6) is 0 Å². The van der Waals surface area contributed by atoms with Gasteiger partial charge >= 0.3 is 0 Å². The number of aromatic nitrogens is 2. The number of amides is 1. The molecule has 0 saturated carbocycles. The minimum Gasteiger partial charge on any atom is -0.383 e. The number of carbonyl (C=O) groups excluding carboxylic acids is 1. The second-order valence-electron chi connectivity index (χ2n) is 6.11. The van der Waals surface area contributed by atoms with Crippen molar-refractivity contribution in [1.82, 2.24) is 9.55 Å². The number of rotatable bonds is 5. The Bertz CT molecular complexity index is 1080. The van der Waals surface area contributed by atoms with Crippen molar-refractivity contribution in [3.05, 3.63) is 72.6 Å². The summed E-state index contributed by atoms with van der Waals surface area (Å²) in [6.07, 6.45) is 3.76. The van der Waals surface area contributed by atoms with Gasteiger partial charge in [-0.1, -0.05) is 12.1 Å². The first-order valence-electron chi connectivity index (χ1n) is 8.49. The molecule has 4 aromatic rings. The average Bonchev–Trinajstić information content (AvgIpc) is 3.09. The van der Waals surface area contributed by atoms with Crippen LogP contribution in [0, 0.1) is 0 Å². The molecule has 130 valence electrons. The number of anilines is 1.